The molecule has 0 radical (unpaired) electrons. The average molecular weight is 313 g/mol. The minimum absolute atomic E-state index is 0.0605. The molecule has 8 nitrogen and oxygen atoms in total. The van der Waals surface area contributed by atoms with Crippen LogP contribution < -0.4 is 10.6 Å². The van der Waals surface area contributed by atoms with E-state index in [0.29, 0.717) is 19.3 Å². The average Bonchev–Trinajstić information content (AvgIpc) is 2.59. The summed E-state index contributed by atoms with van der Waals surface area (Å²) in [5, 5.41) is 14.0. The molecule has 0 bridgehead atoms. The van der Waals surface area contributed by atoms with Gasteiger partial charge in [-0.15, -0.1) is 0 Å². The van der Waals surface area contributed by atoms with Gasteiger partial charge in [0.15, 0.2) is 0 Å². The van der Waals surface area contributed by atoms with E-state index in [0.717, 1.165) is 4.90 Å². The minimum atomic E-state index is -1.06. The molecule has 1 heterocycles. The lowest BCUT2D eigenvalue weighted by Crippen LogP contribution is -2.41. The summed E-state index contributed by atoms with van der Waals surface area (Å²) in [6, 6.07) is -1.36. The van der Waals surface area contributed by atoms with Gasteiger partial charge in [0, 0.05) is 13.0 Å². The van der Waals surface area contributed by atoms with E-state index in [1.165, 1.54) is 0 Å². The zero-order valence-electron chi connectivity index (χ0n) is 13.1. The first-order chi connectivity index (χ1) is 10.2. The maximum Gasteiger partial charge on any atom is 0.326 e. The molecule has 1 unspecified atom stereocenters. The number of urea groups is 1. The van der Waals surface area contributed by atoms with Gasteiger partial charge < -0.3 is 15.7 Å². The maximum absolute atomic E-state index is 11.9. The van der Waals surface area contributed by atoms with Gasteiger partial charge >= 0.3 is 12.0 Å². The van der Waals surface area contributed by atoms with E-state index < -0.39 is 29.5 Å². The summed E-state index contributed by atoms with van der Waals surface area (Å²) in [7, 11) is 0. The first-order valence-corrected chi connectivity index (χ1v) is 7.35. The number of carbonyl (C=O) groups is 4. The summed E-state index contributed by atoms with van der Waals surface area (Å²) >= 11 is 0. The molecular formula is C14H23N3O5. The van der Waals surface area contributed by atoms with Crippen LogP contribution in [0.3, 0.4) is 0 Å². The number of imide groups is 1. The highest BCUT2D eigenvalue weighted by atomic mass is 16.4. The monoisotopic (exact) mass is 313 g/mol. The number of carboxylic acid groups (broad SMARTS) is 1. The number of carbonyl (C=O) groups excluding carboxylic acids is 3. The zero-order chi connectivity index (χ0) is 16.9. The van der Waals surface area contributed by atoms with E-state index >= 15 is 0 Å². The number of nitrogens with one attached hydrogen (secondary N) is 2. The quantitative estimate of drug-likeness (QED) is 0.563. The lowest BCUT2D eigenvalue weighted by molar-refractivity contribution is -0.142. The first kappa shape index (κ1) is 17.9. The van der Waals surface area contributed by atoms with Gasteiger partial charge in [0.05, 0.1) is 0 Å². The van der Waals surface area contributed by atoms with E-state index in [1.807, 2.05) is 6.92 Å². The fourth-order valence-electron chi connectivity index (χ4n) is 2.23. The van der Waals surface area contributed by atoms with Gasteiger partial charge in [-0.1, -0.05) is 13.3 Å². The van der Waals surface area contributed by atoms with Crippen LogP contribution in [0.25, 0.3) is 0 Å². The predicted octanol–water partition coefficient (Wildman–Crippen LogP) is 0.467. The SMILES string of the molecule is CCCC(NC(=O)CCCN1C(=O)NC(C)(C)C1=O)C(=O)O. The Kier molecular flexibility index (Phi) is 5.90. The van der Waals surface area contributed by atoms with Crippen molar-refractivity contribution in [1.29, 1.82) is 0 Å². The summed E-state index contributed by atoms with van der Waals surface area (Å²) < 4.78 is 0. The standard InChI is InChI=1S/C14H23N3O5/c1-4-6-9(11(19)20)15-10(18)7-5-8-17-12(21)14(2,3)16-13(17)22/h9H,4-8H2,1-3H3,(H,15,18)(H,16,22)(H,19,20). The predicted molar refractivity (Wildman–Crippen MR) is 78.0 cm³/mol. The Balaban J connectivity index is 2.41. The molecule has 1 aliphatic rings. The number of carboxylic acids is 1. The Bertz CT molecular complexity index is 475. The molecular weight excluding hydrogens is 290 g/mol. The van der Waals surface area contributed by atoms with Gasteiger partial charge in [0.25, 0.3) is 5.91 Å². The molecule has 0 spiro atoms. The van der Waals surface area contributed by atoms with Crippen molar-refractivity contribution in [3.05, 3.63) is 0 Å². The molecule has 1 fully saturated rings. The highest BCUT2D eigenvalue weighted by Crippen LogP contribution is 2.16. The third kappa shape index (κ3) is 4.44. The fraction of sp³-hybridized carbons (Fsp3) is 0.714. The summed E-state index contributed by atoms with van der Waals surface area (Å²) in [5.41, 5.74) is -0.922. The summed E-state index contributed by atoms with van der Waals surface area (Å²) in [5.74, 6) is -1.79. The molecule has 0 saturated carbocycles. The number of rotatable bonds is 8. The van der Waals surface area contributed by atoms with Crippen LogP contribution in [0.2, 0.25) is 0 Å². The maximum atomic E-state index is 11.9. The Morgan fingerprint density at radius 1 is 1.36 bits per heavy atom. The van der Waals surface area contributed by atoms with Gasteiger partial charge in [0.1, 0.15) is 11.6 Å². The molecule has 22 heavy (non-hydrogen) atoms. The van der Waals surface area contributed by atoms with Crippen molar-refractivity contribution in [2.75, 3.05) is 6.54 Å². The minimum Gasteiger partial charge on any atom is -0.480 e. The molecule has 8 heteroatoms. The highest BCUT2D eigenvalue weighted by Gasteiger charge is 2.43. The van der Waals surface area contributed by atoms with Crippen molar-refractivity contribution in [1.82, 2.24) is 15.5 Å². The Hall–Kier alpha value is -2.12. The third-order valence-corrected chi connectivity index (χ3v) is 3.44. The van der Waals surface area contributed by atoms with E-state index in [4.69, 9.17) is 5.11 Å². The van der Waals surface area contributed by atoms with E-state index in [9.17, 15) is 19.2 Å². The van der Waals surface area contributed by atoms with Crippen molar-refractivity contribution in [3.63, 3.8) is 0 Å². The molecule has 0 aromatic carbocycles. The summed E-state index contributed by atoms with van der Waals surface area (Å²) in [6.07, 6.45) is 1.36. The largest absolute Gasteiger partial charge is 0.480 e. The lowest BCUT2D eigenvalue weighted by Gasteiger charge is -2.16. The Labute approximate surface area is 129 Å². The van der Waals surface area contributed by atoms with Crippen molar-refractivity contribution >= 4 is 23.8 Å². The molecule has 0 aromatic rings. The van der Waals surface area contributed by atoms with Crippen molar-refractivity contribution in [3.8, 4) is 0 Å². The van der Waals surface area contributed by atoms with Crippen LogP contribution in [0, 0.1) is 0 Å². The van der Waals surface area contributed by atoms with E-state index in [2.05, 4.69) is 10.6 Å². The Morgan fingerprint density at radius 3 is 2.45 bits per heavy atom. The number of aliphatic carboxylic acids is 1. The van der Waals surface area contributed by atoms with Gasteiger partial charge in [-0.05, 0) is 26.7 Å². The van der Waals surface area contributed by atoms with Gasteiger partial charge in [-0.3, -0.25) is 14.5 Å². The lowest BCUT2D eigenvalue weighted by atomic mass is 10.1. The van der Waals surface area contributed by atoms with Crippen LogP contribution >= 0.6 is 0 Å². The second-order valence-electron chi connectivity index (χ2n) is 5.86. The molecule has 1 atom stereocenters. The van der Waals surface area contributed by atoms with Crippen LogP contribution in [-0.2, 0) is 14.4 Å². The molecule has 1 aliphatic heterocycles. The molecule has 1 rings (SSSR count). The first-order valence-electron chi connectivity index (χ1n) is 7.35. The van der Waals surface area contributed by atoms with Crippen LogP contribution in [-0.4, -0.2) is 51.9 Å². The Morgan fingerprint density at radius 2 is 2.00 bits per heavy atom. The van der Waals surface area contributed by atoms with Crippen LogP contribution in [0.1, 0.15) is 46.5 Å². The number of nitrogens with zero attached hydrogens (tertiary/aromatic N) is 1. The smallest absolute Gasteiger partial charge is 0.326 e. The van der Waals surface area contributed by atoms with Crippen molar-refractivity contribution in [2.24, 2.45) is 0 Å². The summed E-state index contributed by atoms with van der Waals surface area (Å²) in [6.45, 7) is 5.19. The van der Waals surface area contributed by atoms with Crippen molar-refractivity contribution in [2.45, 2.75) is 58.0 Å². The van der Waals surface area contributed by atoms with Crippen molar-refractivity contribution < 1.29 is 24.3 Å². The van der Waals surface area contributed by atoms with Crippen LogP contribution in [0.4, 0.5) is 4.79 Å². The molecule has 3 N–H and O–H groups in total. The molecule has 0 aliphatic carbocycles. The fourth-order valence-corrected chi connectivity index (χ4v) is 2.23. The molecule has 4 amide bonds. The third-order valence-electron chi connectivity index (χ3n) is 3.44. The number of hydrogen-bond acceptors (Lipinski definition) is 4. The molecule has 1 saturated heterocycles. The second kappa shape index (κ2) is 7.24. The topological polar surface area (TPSA) is 116 Å². The molecule has 124 valence electrons. The second-order valence-corrected chi connectivity index (χ2v) is 5.86. The van der Waals surface area contributed by atoms with E-state index in [-0.39, 0.29) is 18.9 Å². The van der Waals surface area contributed by atoms with Gasteiger partial charge in [-0.2, -0.15) is 0 Å². The number of hydrogen-bond donors (Lipinski definition) is 3. The van der Waals surface area contributed by atoms with Crippen LogP contribution in [0.5, 0.6) is 0 Å². The summed E-state index contributed by atoms with van der Waals surface area (Å²) in [4.78, 5) is 47.3. The van der Waals surface area contributed by atoms with Gasteiger partial charge in [-0.25, -0.2) is 9.59 Å². The number of amides is 4. The highest BCUT2D eigenvalue weighted by molar-refractivity contribution is 6.06. The zero-order valence-corrected chi connectivity index (χ0v) is 13.1. The van der Waals surface area contributed by atoms with Gasteiger partial charge in [0.2, 0.25) is 5.91 Å². The van der Waals surface area contributed by atoms with Crippen LogP contribution in [0.15, 0.2) is 0 Å². The van der Waals surface area contributed by atoms with E-state index in [1.54, 1.807) is 13.8 Å². The normalized spacial score (nSPS) is 18.0. The molecule has 0 aromatic heterocycles.